The van der Waals surface area contributed by atoms with E-state index in [1.807, 2.05) is 37.0 Å². The van der Waals surface area contributed by atoms with E-state index in [1.165, 1.54) is 12.1 Å². The molecule has 2 bridgehead atoms. The number of fused-ring (bicyclic) bond motifs is 1. The molecule has 1 N–H and O–H groups in total. The molecule has 0 unspecified atom stereocenters. The molecule has 29 heavy (non-hydrogen) atoms. The highest BCUT2D eigenvalue weighted by molar-refractivity contribution is 5.93. The second-order valence-corrected chi connectivity index (χ2v) is 9.25. The van der Waals surface area contributed by atoms with Crippen LogP contribution in [0.4, 0.5) is 4.39 Å². The molecule has 4 aliphatic rings. The predicted octanol–water partition coefficient (Wildman–Crippen LogP) is 2.90. The van der Waals surface area contributed by atoms with Crippen LogP contribution in [0.1, 0.15) is 45.1 Å². The lowest BCUT2D eigenvalue weighted by atomic mass is 9.76. The molecular weight excluding hydrogens is 371 g/mol. The number of hydrogen-bond acceptors (Lipinski definition) is 3. The molecule has 1 saturated carbocycles. The lowest BCUT2D eigenvalue weighted by molar-refractivity contribution is -0.139. The van der Waals surface area contributed by atoms with Crippen molar-refractivity contribution in [1.82, 2.24) is 10.2 Å². The monoisotopic (exact) mass is 398 g/mol. The minimum Gasteiger partial charge on any atom is -0.360 e. The van der Waals surface area contributed by atoms with Gasteiger partial charge in [0.15, 0.2) is 0 Å². The largest absolute Gasteiger partial charge is 0.360 e. The van der Waals surface area contributed by atoms with E-state index in [9.17, 15) is 14.0 Å². The summed E-state index contributed by atoms with van der Waals surface area (Å²) in [6, 6.07) is 6.58. The molecule has 6 heteroatoms. The quantitative estimate of drug-likeness (QED) is 0.794. The Morgan fingerprint density at radius 3 is 2.76 bits per heavy atom. The molecular formula is C23H27FN2O3. The molecule has 3 heterocycles. The second-order valence-electron chi connectivity index (χ2n) is 9.25. The van der Waals surface area contributed by atoms with Gasteiger partial charge < -0.3 is 15.0 Å². The summed E-state index contributed by atoms with van der Waals surface area (Å²) in [5.41, 5.74) is -0.452. The van der Waals surface area contributed by atoms with Crippen LogP contribution in [0.2, 0.25) is 0 Å². The number of likely N-dealkylation sites (tertiary alicyclic amines) is 1. The number of halogens is 1. The summed E-state index contributed by atoms with van der Waals surface area (Å²) in [5.74, 6) is -1.48. The average molecular weight is 398 g/mol. The van der Waals surface area contributed by atoms with Crippen molar-refractivity contribution in [1.29, 1.82) is 0 Å². The van der Waals surface area contributed by atoms with E-state index < -0.39 is 23.0 Å². The number of carbonyl (C=O) groups excluding carboxylic acids is 2. The van der Waals surface area contributed by atoms with E-state index in [-0.39, 0.29) is 29.8 Å². The number of benzene rings is 1. The van der Waals surface area contributed by atoms with Crippen LogP contribution in [0.25, 0.3) is 0 Å². The van der Waals surface area contributed by atoms with Crippen molar-refractivity contribution in [2.45, 2.75) is 62.8 Å². The second kappa shape index (κ2) is 6.39. The Morgan fingerprint density at radius 1 is 1.31 bits per heavy atom. The number of carbonyl (C=O) groups is 2. The molecule has 3 aliphatic heterocycles. The first-order valence-corrected chi connectivity index (χ1v) is 10.6. The van der Waals surface area contributed by atoms with Crippen molar-refractivity contribution in [3.8, 4) is 0 Å². The van der Waals surface area contributed by atoms with Crippen molar-refractivity contribution in [3.63, 3.8) is 0 Å². The summed E-state index contributed by atoms with van der Waals surface area (Å²) >= 11 is 0. The first-order chi connectivity index (χ1) is 13.9. The fourth-order valence-electron chi connectivity index (χ4n) is 5.83. The minimum atomic E-state index is -0.685. The highest BCUT2D eigenvalue weighted by Gasteiger charge is 2.67. The zero-order valence-electron chi connectivity index (χ0n) is 16.9. The van der Waals surface area contributed by atoms with Crippen molar-refractivity contribution >= 4 is 11.8 Å². The Balaban J connectivity index is 1.45. The smallest absolute Gasteiger partial charge is 0.230 e. The lowest BCUT2D eigenvalue weighted by Crippen LogP contribution is -2.51. The van der Waals surface area contributed by atoms with Gasteiger partial charge in [0.1, 0.15) is 11.4 Å². The van der Waals surface area contributed by atoms with E-state index in [1.54, 1.807) is 6.07 Å². The Kier molecular flexibility index (Phi) is 4.14. The summed E-state index contributed by atoms with van der Waals surface area (Å²) < 4.78 is 20.1. The third-order valence-electron chi connectivity index (χ3n) is 7.25. The summed E-state index contributed by atoms with van der Waals surface area (Å²) in [4.78, 5) is 28.5. The van der Waals surface area contributed by atoms with E-state index in [2.05, 4.69) is 5.32 Å². The zero-order valence-corrected chi connectivity index (χ0v) is 16.9. The number of amides is 2. The first kappa shape index (κ1) is 18.8. The van der Waals surface area contributed by atoms with E-state index in [0.29, 0.717) is 6.54 Å². The van der Waals surface area contributed by atoms with Crippen LogP contribution in [0, 0.1) is 17.7 Å². The molecule has 1 aliphatic carbocycles. The molecule has 154 valence electrons. The highest BCUT2D eigenvalue weighted by atomic mass is 19.1. The van der Waals surface area contributed by atoms with Crippen molar-refractivity contribution in [2.75, 3.05) is 6.54 Å². The van der Waals surface area contributed by atoms with Crippen molar-refractivity contribution in [3.05, 3.63) is 47.8 Å². The van der Waals surface area contributed by atoms with Gasteiger partial charge in [-0.3, -0.25) is 9.59 Å². The van der Waals surface area contributed by atoms with Crippen LogP contribution in [0.5, 0.6) is 0 Å². The fourth-order valence-corrected chi connectivity index (χ4v) is 5.83. The van der Waals surface area contributed by atoms with Crippen LogP contribution in [0.3, 0.4) is 0 Å². The van der Waals surface area contributed by atoms with Crippen LogP contribution in [-0.2, 0) is 19.9 Å². The van der Waals surface area contributed by atoms with Crippen LogP contribution < -0.4 is 5.32 Å². The maximum Gasteiger partial charge on any atom is 0.230 e. The van der Waals surface area contributed by atoms with Crippen LogP contribution in [0.15, 0.2) is 36.4 Å². The molecule has 2 amide bonds. The van der Waals surface area contributed by atoms with Gasteiger partial charge in [-0.15, -0.1) is 0 Å². The SMILES string of the molecule is CC(C)N1C[C@@]23C=C[C@@H](O2)[C@H](C(=O)NC2(c4cccc(F)c4)CCCC2)[C@@H]3C1=O. The topological polar surface area (TPSA) is 58.6 Å². The predicted molar refractivity (Wildman–Crippen MR) is 105 cm³/mol. The number of hydrogen-bond donors (Lipinski definition) is 1. The van der Waals surface area contributed by atoms with Gasteiger partial charge in [0.2, 0.25) is 11.8 Å². The number of nitrogens with zero attached hydrogens (tertiary/aromatic N) is 1. The summed E-state index contributed by atoms with van der Waals surface area (Å²) in [6.45, 7) is 4.47. The normalized spacial score (nSPS) is 34.3. The summed E-state index contributed by atoms with van der Waals surface area (Å²) in [6.07, 6.45) is 7.05. The van der Waals surface area contributed by atoms with Crippen molar-refractivity contribution in [2.24, 2.45) is 11.8 Å². The first-order valence-electron chi connectivity index (χ1n) is 10.6. The van der Waals surface area contributed by atoms with Gasteiger partial charge in [-0.2, -0.15) is 0 Å². The third kappa shape index (κ3) is 2.68. The van der Waals surface area contributed by atoms with Gasteiger partial charge in [0.25, 0.3) is 0 Å². The maximum absolute atomic E-state index is 13.9. The van der Waals surface area contributed by atoms with Crippen LogP contribution in [-0.4, -0.2) is 41.0 Å². The molecule has 1 aromatic carbocycles. The molecule has 1 spiro atoms. The van der Waals surface area contributed by atoms with Crippen molar-refractivity contribution < 1.29 is 18.7 Å². The van der Waals surface area contributed by atoms with Gasteiger partial charge in [-0.25, -0.2) is 4.39 Å². The van der Waals surface area contributed by atoms with E-state index >= 15 is 0 Å². The highest BCUT2D eigenvalue weighted by Crippen LogP contribution is 2.52. The van der Waals surface area contributed by atoms with Crippen LogP contribution >= 0.6 is 0 Å². The Labute approximate surface area is 170 Å². The van der Waals surface area contributed by atoms with E-state index in [4.69, 9.17) is 4.74 Å². The minimum absolute atomic E-state index is 0.00164. The van der Waals surface area contributed by atoms with Gasteiger partial charge in [-0.05, 0) is 44.4 Å². The average Bonchev–Trinajstić information content (AvgIpc) is 3.43. The fraction of sp³-hybridized carbons (Fsp3) is 0.565. The Hall–Kier alpha value is -2.21. The Bertz CT molecular complexity index is 892. The number of rotatable bonds is 4. The molecule has 0 radical (unpaired) electrons. The number of nitrogens with one attached hydrogen (secondary N) is 1. The maximum atomic E-state index is 13.9. The Morgan fingerprint density at radius 2 is 2.07 bits per heavy atom. The number of ether oxygens (including phenoxy) is 1. The van der Waals surface area contributed by atoms with Gasteiger partial charge in [-0.1, -0.05) is 37.1 Å². The molecule has 0 aromatic heterocycles. The summed E-state index contributed by atoms with van der Waals surface area (Å²) in [7, 11) is 0. The summed E-state index contributed by atoms with van der Waals surface area (Å²) in [5, 5.41) is 3.25. The molecule has 5 rings (SSSR count). The molecule has 4 atom stereocenters. The third-order valence-corrected chi connectivity index (χ3v) is 7.25. The molecule has 5 nitrogen and oxygen atoms in total. The van der Waals surface area contributed by atoms with Gasteiger partial charge in [0.05, 0.1) is 30.0 Å². The molecule has 3 fully saturated rings. The standard InChI is InChI=1S/C23H27FN2O3/c1-14(2)26-13-23-11-8-17(29-23)18(19(23)21(26)28)20(27)25-22(9-3-4-10-22)15-6-5-7-16(24)12-15/h5-8,11-12,14,17-19H,3-4,9-10,13H2,1-2H3,(H,25,27)/t17-,18+,19-,23-/m1/s1. The molecule has 2 saturated heterocycles. The molecule has 1 aromatic rings. The van der Waals surface area contributed by atoms with Gasteiger partial charge >= 0.3 is 0 Å². The zero-order chi connectivity index (χ0) is 20.4. The lowest BCUT2D eigenvalue weighted by Gasteiger charge is -2.34. The van der Waals surface area contributed by atoms with E-state index in [0.717, 1.165) is 31.2 Å². The van der Waals surface area contributed by atoms with Gasteiger partial charge in [0, 0.05) is 6.04 Å².